The van der Waals surface area contributed by atoms with Gasteiger partial charge in [-0.25, -0.2) is 0 Å². The lowest BCUT2D eigenvalue weighted by Gasteiger charge is -2.22. The molecule has 2 heterocycles. The molecule has 0 aromatic heterocycles. The topological polar surface area (TPSA) is 48.9 Å². The van der Waals surface area contributed by atoms with Gasteiger partial charge in [-0.2, -0.15) is 0 Å². The molecule has 126 valence electrons. The number of halogens is 1. The van der Waals surface area contributed by atoms with Gasteiger partial charge in [-0.3, -0.25) is 4.99 Å². The van der Waals surface area contributed by atoms with E-state index < -0.39 is 0 Å². The summed E-state index contributed by atoms with van der Waals surface area (Å²) in [6.07, 6.45) is 2.26. The summed E-state index contributed by atoms with van der Waals surface area (Å²) < 4.78 is 6.58. The monoisotopic (exact) mass is 380 g/mol. The number of guanidine groups is 1. The molecule has 23 heavy (non-hydrogen) atoms. The van der Waals surface area contributed by atoms with Gasteiger partial charge in [0.25, 0.3) is 0 Å². The third-order valence-corrected chi connectivity index (χ3v) is 5.20. The van der Waals surface area contributed by atoms with Crippen molar-refractivity contribution in [1.82, 2.24) is 10.6 Å². The molecular formula is C17H25BrN4O. The van der Waals surface area contributed by atoms with E-state index in [-0.39, 0.29) is 0 Å². The molecule has 0 saturated carbocycles. The summed E-state index contributed by atoms with van der Waals surface area (Å²) in [5.41, 5.74) is 1.27. The zero-order valence-electron chi connectivity index (χ0n) is 13.6. The number of anilines is 1. The molecule has 2 saturated heterocycles. The first kappa shape index (κ1) is 16.6. The van der Waals surface area contributed by atoms with Crippen LogP contribution < -0.4 is 15.5 Å². The number of rotatable bonds is 4. The van der Waals surface area contributed by atoms with Gasteiger partial charge in [0, 0.05) is 49.7 Å². The summed E-state index contributed by atoms with van der Waals surface area (Å²) in [6, 6.07) is 8.83. The number of ether oxygens (including phenoxy) is 1. The molecule has 5 nitrogen and oxygen atoms in total. The summed E-state index contributed by atoms with van der Waals surface area (Å²) >= 11 is 3.64. The molecule has 2 atom stereocenters. The highest BCUT2D eigenvalue weighted by Gasteiger charge is 2.25. The second-order valence-electron chi connectivity index (χ2n) is 6.21. The summed E-state index contributed by atoms with van der Waals surface area (Å²) in [7, 11) is 1.83. The van der Waals surface area contributed by atoms with Crippen molar-refractivity contribution in [3.05, 3.63) is 28.7 Å². The zero-order chi connectivity index (χ0) is 16.1. The molecule has 6 heteroatoms. The minimum Gasteiger partial charge on any atom is -0.381 e. The lowest BCUT2D eigenvalue weighted by atomic mass is 10.1. The number of nitrogens with one attached hydrogen (secondary N) is 2. The minimum atomic E-state index is 0.424. The largest absolute Gasteiger partial charge is 0.381 e. The third kappa shape index (κ3) is 4.38. The fourth-order valence-electron chi connectivity index (χ4n) is 3.18. The summed E-state index contributed by atoms with van der Waals surface area (Å²) in [4.78, 5) is 6.77. The van der Waals surface area contributed by atoms with Crippen molar-refractivity contribution in [2.24, 2.45) is 10.9 Å². The van der Waals surface area contributed by atoms with E-state index in [1.54, 1.807) is 0 Å². The van der Waals surface area contributed by atoms with Gasteiger partial charge in [-0.15, -0.1) is 0 Å². The smallest absolute Gasteiger partial charge is 0.191 e. The van der Waals surface area contributed by atoms with Gasteiger partial charge in [-0.1, -0.05) is 12.1 Å². The second-order valence-corrected chi connectivity index (χ2v) is 7.06. The molecule has 0 spiro atoms. The van der Waals surface area contributed by atoms with Gasteiger partial charge in [0.05, 0.1) is 12.3 Å². The molecule has 1 aromatic rings. The van der Waals surface area contributed by atoms with Gasteiger partial charge in [0.1, 0.15) is 0 Å². The Morgan fingerprint density at radius 2 is 2.26 bits per heavy atom. The number of para-hydroxylation sites is 1. The molecule has 2 aliphatic heterocycles. The molecule has 2 unspecified atom stereocenters. The van der Waals surface area contributed by atoms with Crippen LogP contribution in [0.2, 0.25) is 0 Å². The molecule has 0 bridgehead atoms. The van der Waals surface area contributed by atoms with Crippen molar-refractivity contribution >= 4 is 27.6 Å². The first-order valence-corrected chi connectivity index (χ1v) is 9.10. The average molecular weight is 381 g/mol. The predicted molar refractivity (Wildman–Crippen MR) is 98.2 cm³/mol. The van der Waals surface area contributed by atoms with Gasteiger partial charge in [-0.05, 0) is 40.9 Å². The van der Waals surface area contributed by atoms with Gasteiger partial charge >= 0.3 is 0 Å². The zero-order valence-corrected chi connectivity index (χ0v) is 15.2. The van der Waals surface area contributed by atoms with Crippen molar-refractivity contribution in [2.45, 2.75) is 18.9 Å². The molecule has 2 fully saturated rings. The van der Waals surface area contributed by atoms with Crippen molar-refractivity contribution in [3.63, 3.8) is 0 Å². The summed E-state index contributed by atoms with van der Waals surface area (Å²) in [6.45, 7) is 4.75. The average Bonchev–Trinajstić information content (AvgIpc) is 3.23. The molecule has 0 radical (unpaired) electrons. The van der Waals surface area contributed by atoms with E-state index in [9.17, 15) is 0 Å². The van der Waals surface area contributed by atoms with Crippen LogP contribution in [0.4, 0.5) is 5.69 Å². The fraction of sp³-hybridized carbons (Fsp3) is 0.588. The SMILES string of the molecule is CN=C(NCC1CCOC1)NC1CCN(c2ccccc2Br)C1. The summed E-state index contributed by atoms with van der Waals surface area (Å²) in [5.74, 6) is 1.50. The molecule has 0 amide bonds. The number of nitrogens with zero attached hydrogens (tertiary/aromatic N) is 2. The van der Waals surface area contributed by atoms with E-state index in [0.29, 0.717) is 12.0 Å². The van der Waals surface area contributed by atoms with Gasteiger partial charge in [0.2, 0.25) is 0 Å². The van der Waals surface area contributed by atoms with Crippen LogP contribution in [0.1, 0.15) is 12.8 Å². The van der Waals surface area contributed by atoms with E-state index in [1.165, 1.54) is 5.69 Å². The van der Waals surface area contributed by atoms with Crippen LogP contribution in [0.3, 0.4) is 0 Å². The molecule has 2 aliphatic rings. The second kappa shape index (κ2) is 8.02. The first-order chi connectivity index (χ1) is 11.3. The highest BCUT2D eigenvalue weighted by molar-refractivity contribution is 9.10. The van der Waals surface area contributed by atoms with E-state index in [2.05, 4.69) is 60.7 Å². The Hall–Kier alpha value is -1.27. The lowest BCUT2D eigenvalue weighted by Crippen LogP contribution is -2.46. The Morgan fingerprint density at radius 1 is 1.39 bits per heavy atom. The lowest BCUT2D eigenvalue weighted by molar-refractivity contribution is 0.186. The predicted octanol–water partition coefficient (Wildman–Crippen LogP) is 2.23. The maximum Gasteiger partial charge on any atom is 0.191 e. The minimum absolute atomic E-state index is 0.424. The Balaban J connectivity index is 1.49. The molecule has 0 aliphatic carbocycles. The van der Waals surface area contributed by atoms with Crippen LogP contribution in [0.25, 0.3) is 0 Å². The van der Waals surface area contributed by atoms with Crippen molar-refractivity contribution in [3.8, 4) is 0 Å². The van der Waals surface area contributed by atoms with Crippen LogP contribution in [0.5, 0.6) is 0 Å². The number of hydrogen-bond donors (Lipinski definition) is 2. The number of benzene rings is 1. The maximum absolute atomic E-state index is 5.42. The Kier molecular flexibility index (Phi) is 5.78. The van der Waals surface area contributed by atoms with Crippen LogP contribution in [-0.4, -0.2) is 51.9 Å². The van der Waals surface area contributed by atoms with Crippen molar-refractivity contribution < 1.29 is 4.74 Å². The van der Waals surface area contributed by atoms with Crippen molar-refractivity contribution in [2.75, 3.05) is 44.8 Å². The van der Waals surface area contributed by atoms with E-state index >= 15 is 0 Å². The Morgan fingerprint density at radius 3 is 3.00 bits per heavy atom. The Labute approximate surface area is 146 Å². The van der Waals surface area contributed by atoms with Crippen molar-refractivity contribution in [1.29, 1.82) is 0 Å². The highest BCUT2D eigenvalue weighted by atomic mass is 79.9. The van der Waals surface area contributed by atoms with E-state index in [1.807, 2.05) is 7.05 Å². The standard InChI is InChI=1S/C17H25BrN4O/c1-19-17(20-10-13-7-9-23-12-13)21-14-6-8-22(11-14)16-5-3-2-4-15(16)18/h2-5,13-14H,6-12H2,1H3,(H2,19,20,21). The molecular weight excluding hydrogens is 356 g/mol. The van der Waals surface area contributed by atoms with Crippen LogP contribution >= 0.6 is 15.9 Å². The number of aliphatic imine (C=N–C) groups is 1. The van der Waals surface area contributed by atoms with E-state index in [4.69, 9.17) is 4.74 Å². The normalized spacial score (nSPS) is 25.0. The van der Waals surface area contributed by atoms with Crippen LogP contribution in [-0.2, 0) is 4.74 Å². The first-order valence-electron chi connectivity index (χ1n) is 8.30. The molecule has 1 aromatic carbocycles. The number of hydrogen-bond acceptors (Lipinski definition) is 3. The summed E-state index contributed by atoms with van der Waals surface area (Å²) in [5, 5.41) is 6.99. The molecule has 3 rings (SSSR count). The fourth-order valence-corrected chi connectivity index (χ4v) is 3.71. The van der Waals surface area contributed by atoms with Crippen LogP contribution in [0.15, 0.2) is 33.7 Å². The maximum atomic E-state index is 5.42. The van der Waals surface area contributed by atoms with E-state index in [0.717, 1.165) is 56.1 Å². The third-order valence-electron chi connectivity index (χ3n) is 4.53. The van der Waals surface area contributed by atoms with Gasteiger partial charge < -0.3 is 20.3 Å². The highest BCUT2D eigenvalue weighted by Crippen LogP contribution is 2.28. The van der Waals surface area contributed by atoms with Gasteiger partial charge in [0.15, 0.2) is 5.96 Å². The van der Waals surface area contributed by atoms with Crippen LogP contribution in [0, 0.1) is 5.92 Å². The molecule has 2 N–H and O–H groups in total. The quantitative estimate of drug-likeness (QED) is 0.621. The Bertz CT molecular complexity index is 545.